The zero-order valence-corrected chi connectivity index (χ0v) is 16.4. The quantitative estimate of drug-likeness (QED) is 0.293. The van der Waals surface area contributed by atoms with Crippen molar-refractivity contribution in [2.75, 3.05) is 0 Å². The average Bonchev–Trinajstić information content (AvgIpc) is 2.74. The van der Waals surface area contributed by atoms with E-state index in [1.807, 2.05) is 0 Å². The number of pyridine rings is 1. The molecular weight excluding hydrogens is 431 g/mol. The van der Waals surface area contributed by atoms with Crippen molar-refractivity contribution in [1.82, 2.24) is 4.57 Å². The molecule has 0 atom stereocenters. The molecule has 31 heavy (non-hydrogen) atoms. The van der Waals surface area contributed by atoms with E-state index in [4.69, 9.17) is 16.3 Å². The van der Waals surface area contributed by atoms with Crippen LogP contribution in [0.5, 0.6) is 5.75 Å². The van der Waals surface area contributed by atoms with Gasteiger partial charge in [0.15, 0.2) is 0 Å². The Morgan fingerprint density at radius 1 is 0.903 bits per heavy atom. The lowest BCUT2D eigenvalue weighted by atomic mass is 10.1. The number of fused-ring (bicyclic) bond motifs is 1. The Morgan fingerprint density at radius 2 is 1.61 bits per heavy atom. The molecule has 0 unspecified atom stereocenters. The van der Waals surface area contributed by atoms with E-state index in [0.29, 0.717) is 16.1 Å². The van der Waals surface area contributed by atoms with Crippen LogP contribution >= 0.6 is 11.6 Å². The molecule has 0 bridgehead atoms. The third-order valence-corrected chi connectivity index (χ3v) is 4.84. The minimum atomic E-state index is -4.57. The number of hydrogen-bond donors (Lipinski definition) is 0. The smallest absolute Gasteiger partial charge is 0.416 e. The highest BCUT2D eigenvalue weighted by Gasteiger charge is 2.31. The highest BCUT2D eigenvalue weighted by molar-refractivity contribution is 6.30. The van der Waals surface area contributed by atoms with Crippen molar-refractivity contribution in [2.24, 2.45) is 0 Å². The molecule has 0 aliphatic rings. The maximum absolute atomic E-state index is 13.0. The number of alkyl halides is 3. The van der Waals surface area contributed by atoms with Crippen LogP contribution in [0.25, 0.3) is 16.5 Å². The fourth-order valence-electron chi connectivity index (χ4n) is 3.17. The number of aromatic nitrogens is 1. The lowest BCUT2D eigenvalue weighted by Gasteiger charge is -2.13. The van der Waals surface area contributed by atoms with Crippen molar-refractivity contribution >= 4 is 28.3 Å². The molecule has 0 aliphatic carbocycles. The Balaban J connectivity index is 1.83. The molecule has 1 heterocycles. The molecule has 0 fully saturated rings. The number of carbonyl (C=O) groups is 1. The molecule has 0 spiro atoms. The summed E-state index contributed by atoms with van der Waals surface area (Å²) in [7, 11) is 0. The van der Waals surface area contributed by atoms with Gasteiger partial charge in [-0.1, -0.05) is 41.9 Å². The summed E-state index contributed by atoms with van der Waals surface area (Å²) in [4.78, 5) is 25.9. The summed E-state index contributed by atoms with van der Waals surface area (Å²) in [6.45, 7) is 0. The molecule has 0 aliphatic heterocycles. The van der Waals surface area contributed by atoms with Crippen LogP contribution in [0.4, 0.5) is 13.2 Å². The molecule has 4 nitrogen and oxygen atoms in total. The summed E-state index contributed by atoms with van der Waals surface area (Å²) in [6, 6.07) is 16.9. The molecule has 0 N–H and O–H groups in total. The Bertz CT molecular complexity index is 1360. The van der Waals surface area contributed by atoms with Gasteiger partial charge in [-0.2, -0.15) is 13.2 Å². The minimum absolute atomic E-state index is 0.0209. The van der Waals surface area contributed by atoms with Gasteiger partial charge in [-0.25, -0.2) is 4.79 Å². The summed E-state index contributed by atoms with van der Waals surface area (Å²) in [5, 5.41) is 0.967. The largest absolute Gasteiger partial charge is 0.423 e. The minimum Gasteiger partial charge on any atom is -0.423 e. The van der Waals surface area contributed by atoms with Gasteiger partial charge in [-0.05, 0) is 42.5 Å². The van der Waals surface area contributed by atoms with Gasteiger partial charge in [-0.15, -0.1) is 0 Å². The number of halogens is 4. The van der Waals surface area contributed by atoms with Gasteiger partial charge in [0.05, 0.1) is 16.8 Å². The first kappa shape index (κ1) is 20.7. The summed E-state index contributed by atoms with van der Waals surface area (Å²) in [6.07, 6.45) is -3.28. The fourth-order valence-corrected chi connectivity index (χ4v) is 3.35. The van der Waals surface area contributed by atoms with Crippen LogP contribution in [0.3, 0.4) is 0 Å². The van der Waals surface area contributed by atoms with Gasteiger partial charge in [-0.3, -0.25) is 9.36 Å². The first-order valence-corrected chi connectivity index (χ1v) is 9.41. The van der Waals surface area contributed by atoms with Gasteiger partial charge >= 0.3 is 12.1 Å². The third kappa shape index (κ3) is 4.18. The molecule has 3 aromatic carbocycles. The standard InChI is InChI=1S/C23H13ClF3NO3/c24-15-6-4-7-16(12-15)28-13-20(18-9-1-2-10-19(18)21(28)29)22(30)31-17-8-3-5-14(11-17)23(25,26)27/h1-13H. The van der Waals surface area contributed by atoms with Gasteiger partial charge in [0, 0.05) is 22.0 Å². The molecule has 0 saturated heterocycles. The van der Waals surface area contributed by atoms with Crippen LogP contribution in [0, 0.1) is 0 Å². The SMILES string of the molecule is O=C(Oc1cccc(C(F)(F)F)c1)c1cn(-c2cccc(Cl)c2)c(=O)c2ccccc12. The highest BCUT2D eigenvalue weighted by Crippen LogP contribution is 2.31. The number of ether oxygens (including phenoxy) is 1. The van der Waals surface area contributed by atoms with Gasteiger partial charge in [0.25, 0.3) is 5.56 Å². The van der Waals surface area contributed by atoms with Crippen LogP contribution in [0.2, 0.25) is 5.02 Å². The van der Waals surface area contributed by atoms with Crippen molar-refractivity contribution < 1.29 is 22.7 Å². The number of nitrogens with zero attached hydrogens (tertiary/aromatic N) is 1. The van der Waals surface area contributed by atoms with Crippen LogP contribution in [0.15, 0.2) is 83.8 Å². The second-order valence-electron chi connectivity index (χ2n) is 6.66. The Morgan fingerprint density at radius 3 is 2.32 bits per heavy atom. The molecule has 0 saturated carbocycles. The zero-order chi connectivity index (χ0) is 22.2. The van der Waals surface area contributed by atoms with Crippen LogP contribution in [-0.2, 0) is 6.18 Å². The molecule has 0 amide bonds. The Labute approximate surface area is 179 Å². The molecule has 1 aromatic heterocycles. The number of rotatable bonds is 3. The predicted octanol–water partition coefficient (Wildman–Crippen LogP) is 5.88. The van der Waals surface area contributed by atoms with Crippen molar-refractivity contribution in [1.29, 1.82) is 0 Å². The van der Waals surface area contributed by atoms with E-state index in [1.54, 1.807) is 48.5 Å². The Kier molecular flexibility index (Phi) is 5.29. The lowest BCUT2D eigenvalue weighted by Crippen LogP contribution is -2.22. The maximum atomic E-state index is 13.0. The molecule has 4 rings (SSSR count). The number of hydrogen-bond acceptors (Lipinski definition) is 3. The highest BCUT2D eigenvalue weighted by atomic mass is 35.5. The van der Waals surface area contributed by atoms with Crippen molar-refractivity contribution in [2.45, 2.75) is 6.18 Å². The number of benzene rings is 3. The monoisotopic (exact) mass is 443 g/mol. The first-order valence-electron chi connectivity index (χ1n) is 9.04. The second kappa shape index (κ2) is 7.92. The fraction of sp³-hybridized carbons (Fsp3) is 0.0435. The number of esters is 1. The maximum Gasteiger partial charge on any atom is 0.416 e. The van der Waals surface area contributed by atoms with Crippen molar-refractivity contribution in [3.8, 4) is 11.4 Å². The van der Waals surface area contributed by atoms with Gasteiger partial charge in [0.1, 0.15) is 5.75 Å². The zero-order valence-electron chi connectivity index (χ0n) is 15.7. The van der Waals surface area contributed by atoms with E-state index < -0.39 is 17.7 Å². The lowest BCUT2D eigenvalue weighted by molar-refractivity contribution is -0.137. The van der Waals surface area contributed by atoms with E-state index in [2.05, 4.69) is 0 Å². The third-order valence-electron chi connectivity index (χ3n) is 4.60. The number of carbonyl (C=O) groups excluding carboxylic acids is 1. The van der Waals surface area contributed by atoms with Crippen molar-refractivity contribution in [3.05, 3.63) is 105 Å². The van der Waals surface area contributed by atoms with Gasteiger partial charge < -0.3 is 4.74 Å². The predicted molar refractivity (Wildman–Crippen MR) is 111 cm³/mol. The van der Waals surface area contributed by atoms with Crippen LogP contribution < -0.4 is 10.3 Å². The first-order chi connectivity index (χ1) is 14.7. The summed E-state index contributed by atoms with van der Waals surface area (Å²) >= 11 is 6.03. The van der Waals surface area contributed by atoms with Crippen LogP contribution in [0.1, 0.15) is 15.9 Å². The average molecular weight is 444 g/mol. The molecule has 156 valence electrons. The summed E-state index contributed by atoms with van der Waals surface area (Å²) in [5.74, 6) is -1.16. The topological polar surface area (TPSA) is 48.3 Å². The molecular formula is C23H13ClF3NO3. The van der Waals surface area contributed by atoms with E-state index in [0.717, 1.165) is 18.2 Å². The summed E-state index contributed by atoms with van der Waals surface area (Å²) < 4.78 is 45.4. The van der Waals surface area contributed by atoms with E-state index in [-0.39, 0.29) is 22.3 Å². The molecule has 8 heteroatoms. The van der Waals surface area contributed by atoms with Gasteiger partial charge in [0.2, 0.25) is 0 Å². The second-order valence-corrected chi connectivity index (χ2v) is 7.09. The normalized spacial score (nSPS) is 11.5. The Hall–Kier alpha value is -3.58. The van der Waals surface area contributed by atoms with E-state index >= 15 is 0 Å². The van der Waals surface area contributed by atoms with E-state index in [9.17, 15) is 22.8 Å². The van der Waals surface area contributed by atoms with E-state index in [1.165, 1.54) is 16.8 Å². The summed E-state index contributed by atoms with van der Waals surface area (Å²) in [5.41, 5.74) is -0.871. The van der Waals surface area contributed by atoms with Crippen LogP contribution in [-0.4, -0.2) is 10.5 Å². The van der Waals surface area contributed by atoms with Crippen molar-refractivity contribution in [3.63, 3.8) is 0 Å². The molecule has 4 aromatic rings. The molecule has 0 radical (unpaired) electrons.